The van der Waals surface area contributed by atoms with Crippen molar-refractivity contribution in [1.29, 1.82) is 0 Å². The molecule has 4 aromatic heterocycles. The number of hydrogen-bond donors (Lipinski definition) is 1. The minimum Gasteiger partial charge on any atom is -0.451 e. The maximum Gasteiger partial charge on any atom is 0.287 e. The second kappa shape index (κ2) is 9.78. The Hall–Kier alpha value is -5.05. The number of furan rings is 1. The van der Waals surface area contributed by atoms with Crippen LogP contribution in [0.15, 0.2) is 102 Å². The zero-order chi connectivity index (χ0) is 26.1. The highest BCUT2D eigenvalue weighted by Crippen LogP contribution is 2.26. The fraction of sp³-hybridized carbons (Fsp3) is 0.103. The Bertz CT molecular complexity index is 1710. The molecule has 1 amide bonds. The summed E-state index contributed by atoms with van der Waals surface area (Å²) in [4.78, 5) is 26.5. The largest absolute Gasteiger partial charge is 0.451 e. The van der Waals surface area contributed by atoms with Crippen molar-refractivity contribution < 1.29 is 13.6 Å². The molecule has 6 aromatic rings. The first-order valence-corrected chi connectivity index (χ1v) is 12.1. The topological polar surface area (TPSA) is 90.8 Å². The number of halogens is 1. The molecule has 0 fully saturated rings. The molecule has 1 unspecified atom stereocenters. The summed E-state index contributed by atoms with van der Waals surface area (Å²) in [6.07, 6.45) is 9.31. The van der Waals surface area contributed by atoms with Crippen molar-refractivity contribution in [3.8, 4) is 16.9 Å². The lowest BCUT2D eigenvalue weighted by Crippen LogP contribution is -2.31. The molecule has 0 bridgehead atoms. The van der Waals surface area contributed by atoms with Gasteiger partial charge in [-0.25, -0.2) is 14.4 Å². The summed E-state index contributed by atoms with van der Waals surface area (Å²) < 4.78 is 23.2. The quantitative estimate of drug-likeness (QED) is 0.319. The summed E-state index contributed by atoms with van der Waals surface area (Å²) in [5.41, 5.74) is 4.13. The van der Waals surface area contributed by atoms with Crippen molar-refractivity contribution in [2.45, 2.75) is 12.5 Å². The van der Waals surface area contributed by atoms with Crippen LogP contribution in [0.4, 0.5) is 4.39 Å². The minimum atomic E-state index is -0.494. The zero-order valence-corrected chi connectivity index (χ0v) is 20.5. The van der Waals surface area contributed by atoms with Gasteiger partial charge in [0.25, 0.3) is 5.91 Å². The van der Waals surface area contributed by atoms with E-state index in [-0.39, 0.29) is 5.76 Å². The van der Waals surface area contributed by atoms with Crippen LogP contribution in [0, 0.1) is 5.82 Å². The molecular formula is C29H23FN6O2. The molecule has 0 saturated heterocycles. The van der Waals surface area contributed by atoms with Gasteiger partial charge in [-0.3, -0.25) is 9.78 Å². The van der Waals surface area contributed by atoms with E-state index >= 15 is 0 Å². The van der Waals surface area contributed by atoms with Crippen LogP contribution < -0.4 is 5.32 Å². The van der Waals surface area contributed by atoms with Gasteiger partial charge >= 0.3 is 0 Å². The average molecular weight is 507 g/mol. The summed E-state index contributed by atoms with van der Waals surface area (Å²) in [6.45, 7) is 0. The van der Waals surface area contributed by atoms with E-state index in [0.29, 0.717) is 23.2 Å². The fourth-order valence-corrected chi connectivity index (χ4v) is 4.52. The molecule has 4 heterocycles. The highest BCUT2D eigenvalue weighted by Gasteiger charge is 2.24. The van der Waals surface area contributed by atoms with Gasteiger partial charge < -0.3 is 18.9 Å². The fourth-order valence-electron chi connectivity index (χ4n) is 4.52. The monoisotopic (exact) mass is 506 g/mol. The average Bonchev–Trinajstić information content (AvgIpc) is 3.69. The van der Waals surface area contributed by atoms with Gasteiger partial charge in [-0.05, 0) is 54.1 Å². The second-order valence-electron chi connectivity index (χ2n) is 8.92. The summed E-state index contributed by atoms with van der Waals surface area (Å²) in [7, 11) is 1.92. The summed E-state index contributed by atoms with van der Waals surface area (Å²) in [5, 5.41) is 3.57. The summed E-state index contributed by atoms with van der Waals surface area (Å²) >= 11 is 0. The van der Waals surface area contributed by atoms with Gasteiger partial charge in [-0.1, -0.05) is 18.2 Å². The van der Waals surface area contributed by atoms with E-state index in [1.165, 1.54) is 24.3 Å². The molecule has 2 aromatic carbocycles. The first-order valence-electron chi connectivity index (χ1n) is 12.1. The molecule has 9 heteroatoms. The highest BCUT2D eigenvalue weighted by atomic mass is 19.1. The number of nitrogens with one attached hydrogen (secondary N) is 1. The number of carbonyl (C=O) groups excluding carboxylic acids is 1. The van der Waals surface area contributed by atoms with Crippen LogP contribution in [0.2, 0.25) is 0 Å². The Morgan fingerprint density at radius 3 is 2.68 bits per heavy atom. The zero-order valence-electron chi connectivity index (χ0n) is 20.5. The van der Waals surface area contributed by atoms with Crippen molar-refractivity contribution in [2.75, 3.05) is 0 Å². The van der Waals surface area contributed by atoms with E-state index in [4.69, 9.17) is 4.42 Å². The molecule has 0 spiro atoms. The Kier molecular flexibility index (Phi) is 6.01. The molecule has 0 radical (unpaired) electrons. The minimum absolute atomic E-state index is 0.0983. The lowest BCUT2D eigenvalue weighted by atomic mass is 10.1. The standard InChI is InChI=1S/C29H23FN6O2/c1-35-25(19-5-8-23(9-6-19)36-13-12-31-18-36)17-33-28(35)24(16-22-4-2-3-11-32-22)34-29(37)27-15-20-14-21(30)7-10-26(20)38-27/h2-15,17-18,24H,16H2,1H3,(H,34,37). The third kappa shape index (κ3) is 4.57. The smallest absolute Gasteiger partial charge is 0.287 e. The van der Waals surface area contributed by atoms with Gasteiger partial charge in [0.1, 0.15) is 17.2 Å². The van der Waals surface area contributed by atoms with E-state index in [1.807, 2.05) is 64.8 Å². The molecule has 6 rings (SSSR count). The third-order valence-electron chi connectivity index (χ3n) is 6.45. The molecule has 38 heavy (non-hydrogen) atoms. The first-order chi connectivity index (χ1) is 18.5. The number of nitrogens with zero attached hydrogens (tertiary/aromatic N) is 5. The van der Waals surface area contributed by atoms with Crippen molar-refractivity contribution in [3.63, 3.8) is 0 Å². The number of carbonyl (C=O) groups is 1. The molecule has 188 valence electrons. The molecular weight excluding hydrogens is 483 g/mol. The van der Waals surface area contributed by atoms with E-state index in [2.05, 4.69) is 20.3 Å². The predicted molar refractivity (Wildman–Crippen MR) is 140 cm³/mol. The molecule has 0 aliphatic heterocycles. The van der Waals surface area contributed by atoms with Crippen LogP contribution >= 0.6 is 0 Å². The van der Waals surface area contributed by atoms with Gasteiger partial charge in [-0.15, -0.1) is 0 Å². The Morgan fingerprint density at radius 1 is 1.05 bits per heavy atom. The van der Waals surface area contributed by atoms with Gasteiger partial charge in [0.15, 0.2) is 5.76 Å². The van der Waals surface area contributed by atoms with Crippen LogP contribution in [-0.4, -0.2) is 30.0 Å². The molecule has 0 aliphatic rings. The SMILES string of the molecule is Cn1c(-c2ccc(-n3ccnc3)cc2)cnc1C(Cc1ccccn1)NC(=O)c1cc2cc(F)ccc2o1. The number of imidazole rings is 2. The lowest BCUT2D eigenvalue weighted by Gasteiger charge is -2.18. The number of amides is 1. The highest BCUT2D eigenvalue weighted by molar-refractivity contribution is 5.96. The molecule has 1 atom stereocenters. The maximum absolute atomic E-state index is 13.6. The van der Waals surface area contributed by atoms with Crippen LogP contribution in [0.3, 0.4) is 0 Å². The molecule has 0 saturated carbocycles. The molecule has 0 aliphatic carbocycles. The third-order valence-corrected chi connectivity index (χ3v) is 6.45. The Labute approximate surface area is 217 Å². The number of benzene rings is 2. The number of fused-ring (bicyclic) bond motifs is 1. The van der Waals surface area contributed by atoms with E-state index in [0.717, 1.165) is 22.6 Å². The van der Waals surface area contributed by atoms with Crippen LogP contribution in [0.1, 0.15) is 28.1 Å². The predicted octanol–water partition coefficient (Wildman–Crippen LogP) is 5.27. The van der Waals surface area contributed by atoms with Gasteiger partial charge in [0.2, 0.25) is 0 Å². The van der Waals surface area contributed by atoms with Crippen molar-refractivity contribution >= 4 is 16.9 Å². The molecule has 1 N–H and O–H groups in total. The Balaban J connectivity index is 1.31. The number of pyridine rings is 1. The normalized spacial score (nSPS) is 12.1. The van der Waals surface area contributed by atoms with Gasteiger partial charge in [-0.2, -0.15) is 0 Å². The first kappa shape index (κ1) is 23.4. The molecule has 8 nitrogen and oxygen atoms in total. The van der Waals surface area contributed by atoms with Crippen molar-refractivity contribution in [2.24, 2.45) is 7.05 Å². The van der Waals surface area contributed by atoms with Gasteiger partial charge in [0, 0.05) is 48.8 Å². The van der Waals surface area contributed by atoms with E-state index in [9.17, 15) is 9.18 Å². The van der Waals surface area contributed by atoms with Crippen molar-refractivity contribution in [1.82, 2.24) is 29.4 Å². The number of rotatable bonds is 7. The van der Waals surface area contributed by atoms with E-state index < -0.39 is 17.8 Å². The second-order valence-corrected chi connectivity index (χ2v) is 8.92. The van der Waals surface area contributed by atoms with E-state index in [1.54, 1.807) is 24.9 Å². The summed E-state index contributed by atoms with van der Waals surface area (Å²) in [5.74, 6) is -0.0466. The lowest BCUT2D eigenvalue weighted by molar-refractivity contribution is 0.0908. The number of hydrogen-bond acceptors (Lipinski definition) is 5. The van der Waals surface area contributed by atoms with Crippen molar-refractivity contribution in [3.05, 3.63) is 121 Å². The summed E-state index contributed by atoms with van der Waals surface area (Å²) in [6, 6.07) is 18.9. The van der Waals surface area contributed by atoms with Crippen LogP contribution in [0.25, 0.3) is 27.9 Å². The van der Waals surface area contributed by atoms with Gasteiger partial charge in [0.05, 0.1) is 24.3 Å². The Morgan fingerprint density at radius 2 is 1.92 bits per heavy atom. The van der Waals surface area contributed by atoms with Crippen LogP contribution in [-0.2, 0) is 13.5 Å². The number of aromatic nitrogens is 5. The maximum atomic E-state index is 13.6. The van der Waals surface area contributed by atoms with Crippen LogP contribution in [0.5, 0.6) is 0 Å².